The summed E-state index contributed by atoms with van der Waals surface area (Å²) in [6, 6.07) is 17.7. The Morgan fingerprint density at radius 1 is 1.20 bits per heavy atom. The summed E-state index contributed by atoms with van der Waals surface area (Å²) in [5.74, 6) is 1.11. The number of rotatable bonds is 4. The lowest BCUT2D eigenvalue weighted by Gasteiger charge is -2.22. The molecule has 0 aliphatic carbocycles. The number of nitrogens with one attached hydrogen (secondary N) is 1. The van der Waals surface area contributed by atoms with Gasteiger partial charge in [0.1, 0.15) is 0 Å². The molecular formula is C17H18ClNS. The van der Waals surface area contributed by atoms with Crippen molar-refractivity contribution in [3.8, 4) is 0 Å². The summed E-state index contributed by atoms with van der Waals surface area (Å²) in [5, 5.41) is 4.59. The number of halogens is 1. The molecule has 2 aromatic rings. The first-order valence-corrected chi connectivity index (χ1v) is 8.37. The second-order valence-electron chi connectivity index (χ2n) is 5.08. The highest BCUT2D eigenvalue weighted by Gasteiger charge is 2.24. The van der Waals surface area contributed by atoms with Crippen LogP contribution in [0.4, 0.5) is 0 Å². The highest BCUT2D eigenvalue weighted by Crippen LogP contribution is 2.39. The fourth-order valence-electron chi connectivity index (χ4n) is 2.69. The second-order valence-corrected chi connectivity index (χ2v) is 6.58. The predicted octanol–water partition coefficient (Wildman–Crippen LogP) is 5.23. The van der Waals surface area contributed by atoms with E-state index in [0.717, 1.165) is 17.2 Å². The molecule has 1 nitrogen and oxygen atoms in total. The van der Waals surface area contributed by atoms with Crippen LogP contribution >= 0.6 is 23.4 Å². The molecule has 2 atom stereocenters. The minimum absolute atomic E-state index is 0.379. The molecule has 0 radical (unpaired) electrons. The van der Waals surface area contributed by atoms with Gasteiger partial charge in [0, 0.05) is 27.8 Å². The number of fused-ring (bicyclic) bond motifs is 1. The Morgan fingerprint density at radius 2 is 1.95 bits per heavy atom. The van der Waals surface area contributed by atoms with Crippen LogP contribution in [0, 0.1) is 0 Å². The zero-order chi connectivity index (χ0) is 13.9. The molecule has 0 saturated carbocycles. The summed E-state index contributed by atoms with van der Waals surface area (Å²) in [6.45, 7) is 2.22. The molecule has 3 heteroatoms. The van der Waals surface area contributed by atoms with Gasteiger partial charge < -0.3 is 5.32 Å². The SMILES string of the molecule is CCC(NC1CSc2ccccc21)c1ccc(Cl)cc1. The van der Waals surface area contributed by atoms with Crippen molar-refractivity contribution in [3.05, 3.63) is 64.7 Å². The molecule has 0 amide bonds. The van der Waals surface area contributed by atoms with Crippen LogP contribution in [0.15, 0.2) is 53.4 Å². The van der Waals surface area contributed by atoms with Crippen LogP contribution in [0.25, 0.3) is 0 Å². The summed E-state index contributed by atoms with van der Waals surface area (Å²) in [7, 11) is 0. The van der Waals surface area contributed by atoms with Crippen LogP contribution < -0.4 is 5.32 Å². The number of thioether (sulfide) groups is 1. The first kappa shape index (κ1) is 14.0. The van der Waals surface area contributed by atoms with Crippen molar-refractivity contribution < 1.29 is 0 Å². The summed E-state index contributed by atoms with van der Waals surface area (Å²) in [5.41, 5.74) is 2.75. The fourth-order valence-corrected chi connectivity index (χ4v) is 3.99. The van der Waals surface area contributed by atoms with Crippen LogP contribution in [0.2, 0.25) is 5.02 Å². The summed E-state index contributed by atoms with van der Waals surface area (Å²) < 4.78 is 0. The zero-order valence-corrected chi connectivity index (χ0v) is 13.0. The summed E-state index contributed by atoms with van der Waals surface area (Å²) in [4.78, 5) is 1.41. The molecule has 2 aromatic carbocycles. The van der Waals surface area contributed by atoms with E-state index in [2.05, 4.69) is 48.6 Å². The van der Waals surface area contributed by atoms with Crippen molar-refractivity contribution >= 4 is 23.4 Å². The maximum Gasteiger partial charge on any atom is 0.0431 e. The van der Waals surface area contributed by atoms with Gasteiger partial charge in [0.25, 0.3) is 0 Å². The van der Waals surface area contributed by atoms with E-state index in [9.17, 15) is 0 Å². The van der Waals surface area contributed by atoms with E-state index in [1.807, 2.05) is 23.9 Å². The minimum atomic E-state index is 0.379. The first-order valence-electron chi connectivity index (χ1n) is 7.01. The van der Waals surface area contributed by atoms with Gasteiger partial charge in [0.05, 0.1) is 0 Å². The Labute approximate surface area is 129 Å². The molecule has 104 valence electrons. The molecule has 2 unspecified atom stereocenters. The summed E-state index contributed by atoms with van der Waals surface area (Å²) >= 11 is 7.92. The average molecular weight is 304 g/mol. The maximum absolute atomic E-state index is 5.97. The third kappa shape index (κ3) is 2.88. The van der Waals surface area contributed by atoms with Gasteiger partial charge in [0.15, 0.2) is 0 Å². The lowest BCUT2D eigenvalue weighted by molar-refractivity contribution is 0.461. The van der Waals surface area contributed by atoms with Gasteiger partial charge in [-0.1, -0.05) is 48.9 Å². The lowest BCUT2D eigenvalue weighted by atomic mass is 10.0. The normalized spacial score (nSPS) is 18.8. The van der Waals surface area contributed by atoms with Crippen molar-refractivity contribution in [1.82, 2.24) is 5.32 Å². The van der Waals surface area contributed by atoms with Crippen molar-refractivity contribution in [3.63, 3.8) is 0 Å². The zero-order valence-electron chi connectivity index (χ0n) is 11.5. The van der Waals surface area contributed by atoms with E-state index in [1.54, 1.807) is 0 Å². The van der Waals surface area contributed by atoms with E-state index < -0.39 is 0 Å². The molecule has 3 rings (SSSR count). The Kier molecular flexibility index (Phi) is 4.35. The van der Waals surface area contributed by atoms with Crippen LogP contribution in [-0.2, 0) is 0 Å². The predicted molar refractivity (Wildman–Crippen MR) is 87.5 cm³/mol. The van der Waals surface area contributed by atoms with Gasteiger partial charge >= 0.3 is 0 Å². The Bertz CT molecular complexity index is 582. The first-order chi connectivity index (χ1) is 9.78. The molecule has 0 spiro atoms. The maximum atomic E-state index is 5.97. The van der Waals surface area contributed by atoms with Crippen molar-refractivity contribution in [1.29, 1.82) is 0 Å². The standard InChI is InChI=1S/C17H18ClNS/c1-2-15(12-7-9-13(18)10-8-12)19-16-11-20-17-6-4-3-5-14(16)17/h3-10,15-16,19H,2,11H2,1H3. The molecule has 1 aliphatic heterocycles. The molecule has 0 bridgehead atoms. The smallest absolute Gasteiger partial charge is 0.0431 e. The van der Waals surface area contributed by atoms with Gasteiger partial charge in [-0.2, -0.15) is 0 Å². The molecule has 0 saturated heterocycles. The van der Waals surface area contributed by atoms with Gasteiger partial charge in [-0.05, 0) is 35.7 Å². The Hall–Kier alpha value is -0.960. The van der Waals surface area contributed by atoms with E-state index in [4.69, 9.17) is 11.6 Å². The summed E-state index contributed by atoms with van der Waals surface area (Å²) in [6.07, 6.45) is 1.07. The third-order valence-electron chi connectivity index (χ3n) is 3.78. The number of hydrogen-bond donors (Lipinski definition) is 1. The molecule has 0 fully saturated rings. The Morgan fingerprint density at radius 3 is 2.70 bits per heavy atom. The molecule has 1 aliphatic rings. The van der Waals surface area contributed by atoms with E-state index in [0.29, 0.717) is 12.1 Å². The number of hydrogen-bond acceptors (Lipinski definition) is 2. The fraction of sp³-hybridized carbons (Fsp3) is 0.294. The van der Waals surface area contributed by atoms with Crippen molar-refractivity contribution in [2.75, 3.05) is 5.75 Å². The largest absolute Gasteiger partial charge is 0.302 e. The van der Waals surface area contributed by atoms with Crippen LogP contribution in [0.5, 0.6) is 0 Å². The van der Waals surface area contributed by atoms with Gasteiger partial charge in [-0.3, -0.25) is 0 Å². The lowest BCUT2D eigenvalue weighted by Crippen LogP contribution is -2.26. The average Bonchev–Trinajstić information content (AvgIpc) is 2.89. The topological polar surface area (TPSA) is 12.0 Å². The van der Waals surface area contributed by atoms with Gasteiger partial charge in [0.2, 0.25) is 0 Å². The van der Waals surface area contributed by atoms with Crippen molar-refractivity contribution in [2.45, 2.75) is 30.3 Å². The highest BCUT2D eigenvalue weighted by atomic mass is 35.5. The quantitative estimate of drug-likeness (QED) is 0.830. The molecule has 20 heavy (non-hydrogen) atoms. The highest BCUT2D eigenvalue weighted by molar-refractivity contribution is 7.99. The second kappa shape index (κ2) is 6.21. The van der Waals surface area contributed by atoms with Crippen LogP contribution in [0.1, 0.15) is 36.6 Å². The molecule has 0 aromatic heterocycles. The number of benzene rings is 2. The van der Waals surface area contributed by atoms with E-state index in [1.165, 1.54) is 16.0 Å². The minimum Gasteiger partial charge on any atom is -0.302 e. The molecule has 1 heterocycles. The van der Waals surface area contributed by atoms with Gasteiger partial charge in [-0.25, -0.2) is 0 Å². The van der Waals surface area contributed by atoms with E-state index in [-0.39, 0.29) is 0 Å². The molecular weight excluding hydrogens is 286 g/mol. The van der Waals surface area contributed by atoms with E-state index >= 15 is 0 Å². The van der Waals surface area contributed by atoms with Crippen LogP contribution in [-0.4, -0.2) is 5.75 Å². The van der Waals surface area contributed by atoms with Crippen LogP contribution in [0.3, 0.4) is 0 Å². The Balaban J connectivity index is 1.78. The molecule has 1 N–H and O–H groups in total. The monoisotopic (exact) mass is 303 g/mol. The third-order valence-corrected chi connectivity index (χ3v) is 5.22. The van der Waals surface area contributed by atoms with Crippen molar-refractivity contribution in [2.24, 2.45) is 0 Å². The van der Waals surface area contributed by atoms with Gasteiger partial charge in [-0.15, -0.1) is 11.8 Å².